The van der Waals surface area contributed by atoms with Gasteiger partial charge in [0.2, 0.25) is 0 Å². The molecule has 0 saturated heterocycles. The van der Waals surface area contributed by atoms with Gasteiger partial charge in [0, 0.05) is 25.7 Å². The lowest BCUT2D eigenvalue weighted by Gasteiger charge is -2.24. The second-order valence-corrected chi connectivity index (χ2v) is 6.30. The molecular formula is C20H26N2O2. The topological polar surface area (TPSA) is 47.7 Å². The summed E-state index contributed by atoms with van der Waals surface area (Å²) in [4.78, 5) is 2.48. The molecule has 0 aromatic heterocycles. The molecule has 2 aromatic carbocycles. The summed E-state index contributed by atoms with van der Waals surface area (Å²) in [5.74, 6) is 1.55. The Hall–Kier alpha value is -2.04. The van der Waals surface area contributed by atoms with Gasteiger partial charge in [-0.15, -0.1) is 0 Å². The lowest BCUT2D eigenvalue weighted by atomic mass is 10.0. The number of ether oxygens (including phenoxy) is 2. The highest BCUT2D eigenvalue weighted by Gasteiger charge is 2.29. The van der Waals surface area contributed by atoms with Crippen molar-refractivity contribution >= 4 is 0 Å². The first-order valence-corrected chi connectivity index (χ1v) is 8.41. The predicted octanol–water partition coefficient (Wildman–Crippen LogP) is 3.07. The first-order valence-electron chi connectivity index (χ1n) is 8.41. The van der Waals surface area contributed by atoms with Crippen LogP contribution < -0.4 is 15.2 Å². The molecule has 128 valence electrons. The number of aryl methyl sites for hydroxylation is 1. The molecule has 1 atom stereocenters. The summed E-state index contributed by atoms with van der Waals surface area (Å²) in [6.45, 7) is 4.80. The summed E-state index contributed by atoms with van der Waals surface area (Å²) < 4.78 is 10.7. The van der Waals surface area contributed by atoms with Gasteiger partial charge in [-0.25, -0.2) is 0 Å². The molecule has 1 heterocycles. The van der Waals surface area contributed by atoms with Crippen LogP contribution in [0.3, 0.4) is 0 Å². The zero-order chi connectivity index (χ0) is 17.1. The first-order chi connectivity index (χ1) is 11.7. The Labute approximate surface area is 144 Å². The van der Waals surface area contributed by atoms with E-state index >= 15 is 0 Å². The zero-order valence-electron chi connectivity index (χ0n) is 14.7. The van der Waals surface area contributed by atoms with Gasteiger partial charge in [-0.2, -0.15) is 0 Å². The zero-order valence-corrected chi connectivity index (χ0v) is 14.7. The number of methoxy groups -OCH3 is 2. The molecule has 0 fully saturated rings. The lowest BCUT2D eigenvalue weighted by Crippen LogP contribution is -2.29. The number of hydrogen-bond acceptors (Lipinski definition) is 4. The average Bonchev–Trinajstić information content (AvgIpc) is 2.98. The van der Waals surface area contributed by atoms with Gasteiger partial charge in [0.15, 0.2) is 11.5 Å². The molecule has 1 aliphatic rings. The molecule has 1 unspecified atom stereocenters. The lowest BCUT2D eigenvalue weighted by molar-refractivity contribution is 0.222. The molecular weight excluding hydrogens is 300 g/mol. The normalized spacial score (nSPS) is 16.9. The Balaban J connectivity index is 1.72. The molecule has 0 radical (unpaired) electrons. The van der Waals surface area contributed by atoms with Crippen molar-refractivity contribution in [2.24, 2.45) is 5.73 Å². The van der Waals surface area contributed by atoms with E-state index in [1.54, 1.807) is 14.2 Å². The third kappa shape index (κ3) is 3.12. The minimum absolute atomic E-state index is 0.319. The smallest absolute Gasteiger partial charge is 0.160 e. The number of benzene rings is 2. The SMILES string of the molecule is COc1ccc(CCN2Cc3c(C)cccc3C2CN)cc1OC. The van der Waals surface area contributed by atoms with Crippen LogP contribution in [0.4, 0.5) is 0 Å². The van der Waals surface area contributed by atoms with E-state index in [2.05, 4.69) is 42.2 Å². The van der Waals surface area contributed by atoms with E-state index < -0.39 is 0 Å². The fourth-order valence-electron chi connectivity index (χ4n) is 3.58. The minimum atomic E-state index is 0.319. The highest BCUT2D eigenvalue weighted by Crippen LogP contribution is 2.35. The fraction of sp³-hybridized carbons (Fsp3) is 0.400. The second kappa shape index (κ2) is 7.24. The highest BCUT2D eigenvalue weighted by atomic mass is 16.5. The quantitative estimate of drug-likeness (QED) is 0.886. The van der Waals surface area contributed by atoms with Crippen LogP contribution in [0.1, 0.15) is 28.3 Å². The van der Waals surface area contributed by atoms with Gasteiger partial charge in [0.25, 0.3) is 0 Å². The van der Waals surface area contributed by atoms with E-state index in [0.29, 0.717) is 12.6 Å². The summed E-state index contributed by atoms with van der Waals surface area (Å²) in [6.07, 6.45) is 0.962. The van der Waals surface area contributed by atoms with E-state index in [1.165, 1.54) is 22.3 Å². The van der Waals surface area contributed by atoms with Crippen LogP contribution >= 0.6 is 0 Å². The largest absolute Gasteiger partial charge is 0.493 e. The molecule has 0 amide bonds. The van der Waals surface area contributed by atoms with Gasteiger partial charge < -0.3 is 15.2 Å². The van der Waals surface area contributed by atoms with E-state index in [4.69, 9.17) is 15.2 Å². The molecule has 0 spiro atoms. The van der Waals surface area contributed by atoms with Crippen LogP contribution in [0.5, 0.6) is 11.5 Å². The van der Waals surface area contributed by atoms with E-state index in [1.807, 2.05) is 6.07 Å². The van der Waals surface area contributed by atoms with Gasteiger partial charge in [0.1, 0.15) is 0 Å². The van der Waals surface area contributed by atoms with Crippen molar-refractivity contribution in [3.63, 3.8) is 0 Å². The molecule has 3 rings (SSSR count). The van der Waals surface area contributed by atoms with Gasteiger partial charge in [-0.3, -0.25) is 4.90 Å². The molecule has 24 heavy (non-hydrogen) atoms. The Morgan fingerprint density at radius 2 is 1.92 bits per heavy atom. The van der Waals surface area contributed by atoms with Crippen LogP contribution in [0, 0.1) is 6.92 Å². The molecule has 0 saturated carbocycles. The summed E-state index contributed by atoms with van der Waals surface area (Å²) in [5.41, 5.74) is 11.5. The number of fused-ring (bicyclic) bond motifs is 1. The molecule has 4 heteroatoms. The van der Waals surface area contributed by atoms with Crippen molar-refractivity contribution < 1.29 is 9.47 Å². The number of nitrogens with two attached hydrogens (primary N) is 1. The van der Waals surface area contributed by atoms with Crippen LogP contribution in [0.25, 0.3) is 0 Å². The highest BCUT2D eigenvalue weighted by molar-refractivity contribution is 5.43. The Morgan fingerprint density at radius 3 is 2.62 bits per heavy atom. The van der Waals surface area contributed by atoms with Crippen molar-refractivity contribution in [1.82, 2.24) is 4.90 Å². The van der Waals surface area contributed by atoms with Crippen LogP contribution in [0.15, 0.2) is 36.4 Å². The summed E-state index contributed by atoms with van der Waals surface area (Å²) >= 11 is 0. The third-order valence-electron chi connectivity index (χ3n) is 4.97. The van der Waals surface area contributed by atoms with Crippen molar-refractivity contribution in [1.29, 1.82) is 0 Å². The number of hydrogen-bond donors (Lipinski definition) is 1. The van der Waals surface area contributed by atoms with Crippen molar-refractivity contribution in [3.8, 4) is 11.5 Å². The maximum absolute atomic E-state index is 6.06. The standard InChI is InChI=1S/C20H26N2O2/c1-14-5-4-6-16-17(14)13-22(18(16)12-21)10-9-15-7-8-19(23-2)20(11-15)24-3/h4-8,11,18H,9-10,12-13,21H2,1-3H3. The average molecular weight is 326 g/mol. The number of nitrogens with zero attached hydrogens (tertiary/aromatic N) is 1. The van der Waals surface area contributed by atoms with Gasteiger partial charge in [-0.1, -0.05) is 24.3 Å². The monoisotopic (exact) mass is 326 g/mol. The summed E-state index contributed by atoms with van der Waals surface area (Å²) in [7, 11) is 3.33. The van der Waals surface area contributed by atoms with Crippen molar-refractivity contribution in [2.75, 3.05) is 27.3 Å². The van der Waals surface area contributed by atoms with Crippen LogP contribution in [-0.4, -0.2) is 32.2 Å². The summed E-state index contributed by atoms with van der Waals surface area (Å²) in [5, 5.41) is 0. The number of rotatable bonds is 6. The predicted molar refractivity (Wildman–Crippen MR) is 96.6 cm³/mol. The Bertz CT molecular complexity index is 715. The molecule has 0 bridgehead atoms. The van der Waals surface area contributed by atoms with E-state index in [0.717, 1.165) is 31.0 Å². The maximum atomic E-state index is 6.06. The fourth-order valence-corrected chi connectivity index (χ4v) is 3.58. The second-order valence-electron chi connectivity index (χ2n) is 6.30. The molecule has 2 aromatic rings. The maximum Gasteiger partial charge on any atom is 0.160 e. The van der Waals surface area contributed by atoms with E-state index in [9.17, 15) is 0 Å². The van der Waals surface area contributed by atoms with Crippen molar-refractivity contribution in [2.45, 2.75) is 25.9 Å². The molecule has 1 aliphatic heterocycles. The molecule has 2 N–H and O–H groups in total. The van der Waals surface area contributed by atoms with E-state index in [-0.39, 0.29) is 0 Å². The van der Waals surface area contributed by atoms with Gasteiger partial charge >= 0.3 is 0 Å². The molecule has 0 aliphatic carbocycles. The van der Waals surface area contributed by atoms with Gasteiger partial charge in [-0.05, 0) is 47.7 Å². The third-order valence-corrected chi connectivity index (χ3v) is 4.97. The minimum Gasteiger partial charge on any atom is -0.493 e. The van der Waals surface area contributed by atoms with Crippen LogP contribution in [0.2, 0.25) is 0 Å². The van der Waals surface area contributed by atoms with Crippen molar-refractivity contribution in [3.05, 3.63) is 58.7 Å². The molecule has 4 nitrogen and oxygen atoms in total. The Kier molecular flexibility index (Phi) is 5.07. The van der Waals surface area contributed by atoms with Gasteiger partial charge in [0.05, 0.1) is 14.2 Å². The summed E-state index contributed by atoms with van der Waals surface area (Å²) in [6, 6.07) is 13.0. The van der Waals surface area contributed by atoms with Crippen LogP contribution in [-0.2, 0) is 13.0 Å². The Morgan fingerprint density at radius 1 is 1.12 bits per heavy atom. The first kappa shape index (κ1) is 16.8.